The molecule has 0 aliphatic carbocycles. The van der Waals surface area contributed by atoms with Crippen LogP contribution in [0.2, 0.25) is 5.02 Å². The molecule has 1 aromatic carbocycles. The normalized spacial score (nSPS) is 17.6. The SMILES string of the molecule is C[C@H](NC1CCN(C(=O)N(C)C)CC1)c1ccccc1Cl. The summed E-state index contributed by atoms with van der Waals surface area (Å²) in [6.07, 6.45) is 1.96. The van der Waals surface area contributed by atoms with Crippen molar-refractivity contribution in [3.8, 4) is 0 Å². The van der Waals surface area contributed by atoms with E-state index in [1.54, 1.807) is 19.0 Å². The number of nitrogens with one attached hydrogen (secondary N) is 1. The van der Waals surface area contributed by atoms with Crippen molar-refractivity contribution in [3.63, 3.8) is 0 Å². The first-order valence-electron chi connectivity index (χ1n) is 7.45. The van der Waals surface area contributed by atoms with E-state index in [1.807, 2.05) is 23.1 Å². The predicted molar refractivity (Wildman–Crippen MR) is 86.7 cm³/mol. The molecule has 0 spiro atoms. The van der Waals surface area contributed by atoms with Crippen LogP contribution in [0, 0.1) is 0 Å². The molecule has 0 aromatic heterocycles. The zero-order valence-corrected chi connectivity index (χ0v) is 13.7. The van der Waals surface area contributed by atoms with Gasteiger partial charge in [0.1, 0.15) is 0 Å². The molecule has 5 heteroatoms. The second kappa shape index (κ2) is 7.14. The number of hydrogen-bond donors (Lipinski definition) is 1. The number of hydrogen-bond acceptors (Lipinski definition) is 2. The minimum absolute atomic E-state index is 0.104. The van der Waals surface area contributed by atoms with E-state index in [1.165, 1.54) is 0 Å². The van der Waals surface area contributed by atoms with Crippen LogP contribution in [0.1, 0.15) is 31.4 Å². The lowest BCUT2D eigenvalue weighted by atomic mass is 10.0. The van der Waals surface area contributed by atoms with Gasteiger partial charge in [0, 0.05) is 44.3 Å². The van der Waals surface area contributed by atoms with Crippen LogP contribution in [0.4, 0.5) is 4.79 Å². The monoisotopic (exact) mass is 309 g/mol. The summed E-state index contributed by atoms with van der Waals surface area (Å²) in [5.41, 5.74) is 1.13. The molecule has 116 valence electrons. The fourth-order valence-electron chi connectivity index (χ4n) is 2.79. The van der Waals surface area contributed by atoms with Crippen LogP contribution < -0.4 is 5.32 Å². The first-order chi connectivity index (χ1) is 9.99. The number of carbonyl (C=O) groups is 1. The Morgan fingerprint density at radius 1 is 1.33 bits per heavy atom. The van der Waals surface area contributed by atoms with Gasteiger partial charge in [-0.15, -0.1) is 0 Å². The summed E-state index contributed by atoms with van der Waals surface area (Å²) < 4.78 is 0. The third-order valence-electron chi connectivity index (χ3n) is 4.01. The number of urea groups is 1. The van der Waals surface area contributed by atoms with Crippen molar-refractivity contribution in [1.29, 1.82) is 0 Å². The van der Waals surface area contributed by atoms with Gasteiger partial charge in [-0.05, 0) is 31.4 Å². The molecular weight excluding hydrogens is 286 g/mol. The molecule has 0 radical (unpaired) electrons. The Kier molecular flexibility index (Phi) is 5.48. The first-order valence-corrected chi connectivity index (χ1v) is 7.83. The Bertz CT molecular complexity index is 484. The quantitative estimate of drug-likeness (QED) is 0.931. The van der Waals surface area contributed by atoms with Crippen molar-refractivity contribution in [2.24, 2.45) is 0 Å². The molecule has 1 aliphatic rings. The maximum Gasteiger partial charge on any atom is 0.319 e. The van der Waals surface area contributed by atoms with Crippen molar-refractivity contribution in [1.82, 2.24) is 15.1 Å². The molecule has 1 aromatic rings. The number of piperidine rings is 1. The minimum atomic E-state index is 0.104. The van der Waals surface area contributed by atoms with Gasteiger partial charge in [-0.1, -0.05) is 29.8 Å². The number of halogens is 1. The summed E-state index contributed by atoms with van der Waals surface area (Å²) in [5, 5.41) is 4.43. The van der Waals surface area contributed by atoms with Crippen LogP contribution in [0.5, 0.6) is 0 Å². The van der Waals surface area contributed by atoms with E-state index in [0.717, 1.165) is 36.5 Å². The summed E-state index contributed by atoms with van der Waals surface area (Å²) in [6.45, 7) is 3.76. The molecular formula is C16H24ClN3O. The van der Waals surface area contributed by atoms with Crippen LogP contribution in [-0.4, -0.2) is 49.1 Å². The highest BCUT2D eigenvalue weighted by Gasteiger charge is 2.24. The number of rotatable bonds is 3. The summed E-state index contributed by atoms with van der Waals surface area (Å²) in [6, 6.07) is 8.70. The maximum absolute atomic E-state index is 11.9. The fraction of sp³-hybridized carbons (Fsp3) is 0.562. The van der Waals surface area contributed by atoms with Crippen LogP contribution in [0.3, 0.4) is 0 Å². The molecule has 21 heavy (non-hydrogen) atoms. The number of amides is 2. The molecule has 1 heterocycles. The standard InChI is InChI=1S/C16H24ClN3O/c1-12(14-6-4-5-7-15(14)17)18-13-8-10-20(11-9-13)16(21)19(2)3/h4-7,12-13,18H,8-11H2,1-3H3/t12-/m0/s1. The van der Waals surface area contributed by atoms with Gasteiger partial charge in [-0.3, -0.25) is 0 Å². The van der Waals surface area contributed by atoms with Crippen LogP contribution in [0.25, 0.3) is 0 Å². The molecule has 1 saturated heterocycles. The van der Waals surface area contributed by atoms with Crippen molar-refractivity contribution in [2.45, 2.75) is 31.8 Å². The Morgan fingerprint density at radius 3 is 2.52 bits per heavy atom. The molecule has 0 unspecified atom stereocenters. The fourth-order valence-corrected chi connectivity index (χ4v) is 3.09. The highest BCUT2D eigenvalue weighted by molar-refractivity contribution is 6.31. The van der Waals surface area contributed by atoms with E-state index in [-0.39, 0.29) is 12.1 Å². The van der Waals surface area contributed by atoms with Crippen molar-refractivity contribution < 1.29 is 4.79 Å². The van der Waals surface area contributed by atoms with Gasteiger partial charge in [0.15, 0.2) is 0 Å². The molecule has 1 aliphatic heterocycles. The Hall–Kier alpha value is -1.26. The molecule has 4 nitrogen and oxygen atoms in total. The molecule has 2 rings (SSSR count). The number of benzene rings is 1. The van der Waals surface area contributed by atoms with E-state index < -0.39 is 0 Å². The van der Waals surface area contributed by atoms with Crippen molar-refractivity contribution in [2.75, 3.05) is 27.2 Å². The highest BCUT2D eigenvalue weighted by atomic mass is 35.5. The summed E-state index contributed by atoms with van der Waals surface area (Å²) in [7, 11) is 3.60. The molecule has 1 fully saturated rings. The molecule has 2 amide bonds. The Morgan fingerprint density at radius 2 is 1.95 bits per heavy atom. The van der Waals surface area contributed by atoms with E-state index >= 15 is 0 Å². The van der Waals surface area contributed by atoms with E-state index in [9.17, 15) is 4.79 Å². The first kappa shape index (κ1) is 16.1. The zero-order chi connectivity index (χ0) is 15.4. The highest BCUT2D eigenvalue weighted by Crippen LogP contribution is 2.24. The Balaban J connectivity index is 1.86. The average molecular weight is 310 g/mol. The minimum Gasteiger partial charge on any atom is -0.331 e. The predicted octanol–water partition coefficient (Wildman–Crippen LogP) is 3.14. The molecule has 0 saturated carbocycles. The van der Waals surface area contributed by atoms with E-state index in [4.69, 9.17) is 11.6 Å². The Labute approximate surface area is 132 Å². The molecule has 1 atom stereocenters. The van der Waals surface area contributed by atoms with Gasteiger partial charge in [0.25, 0.3) is 0 Å². The van der Waals surface area contributed by atoms with Crippen LogP contribution in [0.15, 0.2) is 24.3 Å². The second-order valence-corrected chi connectivity index (χ2v) is 6.26. The van der Waals surface area contributed by atoms with E-state index in [0.29, 0.717) is 6.04 Å². The number of carbonyl (C=O) groups excluding carboxylic acids is 1. The third-order valence-corrected chi connectivity index (χ3v) is 4.35. The molecule has 1 N–H and O–H groups in total. The van der Waals surface area contributed by atoms with Gasteiger partial charge in [0.05, 0.1) is 0 Å². The second-order valence-electron chi connectivity index (χ2n) is 5.85. The van der Waals surface area contributed by atoms with Gasteiger partial charge < -0.3 is 15.1 Å². The number of nitrogens with zero attached hydrogens (tertiary/aromatic N) is 2. The largest absolute Gasteiger partial charge is 0.331 e. The van der Waals surface area contributed by atoms with Crippen molar-refractivity contribution >= 4 is 17.6 Å². The van der Waals surface area contributed by atoms with Crippen LogP contribution >= 0.6 is 11.6 Å². The van der Waals surface area contributed by atoms with E-state index in [2.05, 4.69) is 18.3 Å². The maximum atomic E-state index is 11.9. The smallest absolute Gasteiger partial charge is 0.319 e. The van der Waals surface area contributed by atoms with Crippen LogP contribution in [-0.2, 0) is 0 Å². The average Bonchev–Trinajstić information content (AvgIpc) is 2.47. The number of likely N-dealkylation sites (tertiary alicyclic amines) is 1. The van der Waals surface area contributed by atoms with Gasteiger partial charge in [-0.2, -0.15) is 0 Å². The molecule has 0 bridgehead atoms. The van der Waals surface area contributed by atoms with Gasteiger partial charge in [0.2, 0.25) is 0 Å². The lowest BCUT2D eigenvalue weighted by Crippen LogP contribution is -2.48. The zero-order valence-electron chi connectivity index (χ0n) is 13.0. The summed E-state index contributed by atoms with van der Waals surface area (Å²) in [5.74, 6) is 0. The van der Waals surface area contributed by atoms with Crippen molar-refractivity contribution in [3.05, 3.63) is 34.9 Å². The third kappa shape index (κ3) is 4.11. The van der Waals surface area contributed by atoms with Gasteiger partial charge in [-0.25, -0.2) is 4.79 Å². The topological polar surface area (TPSA) is 35.6 Å². The lowest BCUT2D eigenvalue weighted by Gasteiger charge is -2.35. The summed E-state index contributed by atoms with van der Waals surface area (Å²) in [4.78, 5) is 15.5. The summed E-state index contributed by atoms with van der Waals surface area (Å²) >= 11 is 6.24. The lowest BCUT2D eigenvalue weighted by molar-refractivity contribution is 0.151. The van der Waals surface area contributed by atoms with Gasteiger partial charge >= 0.3 is 6.03 Å².